The minimum absolute atomic E-state index is 0. The van der Waals surface area contributed by atoms with Crippen LogP contribution in [0.5, 0.6) is 0 Å². The maximum atomic E-state index is 10.3. The van der Waals surface area contributed by atoms with Crippen molar-refractivity contribution in [3.8, 4) is 0 Å². The molecule has 78 valence electrons. The first-order chi connectivity index (χ1) is 5.70. The second-order valence-corrected chi connectivity index (χ2v) is 3.52. The third kappa shape index (κ3) is 4.48. The Bertz CT molecular complexity index is 164. The zero-order valence-corrected chi connectivity index (χ0v) is 8.85. The number of carboxylic acid groups (broad SMARTS) is 1. The molecular weight excluding hydrogens is 190 g/mol. The van der Waals surface area contributed by atoms with Crippen LogP contribution in [0.25, 0.3) is 0 Å². The van der Waals surface area contributed by atoms with E-state index in [9.17, 15) is 4.79 Å². The second kappa shape index (κ2) is 6.22. The molecule has 1 rings (SSSR count). The Morgan fingerprint density at radius 1 is 1.54 bits per heavy atom. The first kappa shape index (κ1) is 12.7. The lowest BCUT2D eigenvalue weighted by molar-refractivity contribution is -0.137. The van der Waals surface area contributed by atoms with Gasteiger partial charge in [-0.15, -0.1) is 12.4 Å². The number of carboxylic acids is 1. The first-order valence-electron chi connectivity index (χ1n) is 4.66. The maximum absolute atomic E-state index is 10.3. The molecule has 0 aromatic heterocycles. The fourth-order valence-electron chi connectivity index (χ4n) is 1.73. The van der Waals surface area contributed by atoms with Crippen molar-refractivity contribution >= 4 is 18.4 Å². The molecule has 3 nitrogen and oxygen atoms in total. The summed E-state index contributed by atoms with van der Waals surface area (Å²) in [5.41, 5.74) is 0. The molecule has 1 fully saturated rings. The summed E-state index contributed by atoms with van der Waals surface area (Å²) in [5.74, 6) is -0.687. The molecule has 1 saturated heterocycles. The number of likely N-dealkylation sites (tertiary alicyclic amines) is 1. The van der Waals surface area contributed by atoms with Gasteiger partial charge in [-0.1, -0.05) is 6.42 Å². The summed E-state index contributed by atoms with van der Waals surface area (Å²) >= 11 is 0. The van der Waals surface area contributed by atoms with Crippen molar-refractivity contribution in [3.05, 3.63) is 0 Å². The Morgan fingerprint density at radius 2 is 2.23 bits per heavy atom. The van der Waals surface area contributed by atoms with Crippen LogP contribution < -0.4 is 0 Å². The van der Waals surface area contributed by atoms with Gasteiger partial charge in [-0.3, -0.25) is 4.79 Å². The molecule has 0 bridgehead atoms. The van der Waals surface area contributed by atoms with Crippen LogP contribution in [0.2, 0.25) is 0 Å². The van der Waals surface area contributed by atoms with Gasteiger partial charge in [0, 0.05) is 12.6 Å². The second-order valence-electron chi connectivity index (χ2n) is 3.52. The fraction of sp³-hybridized carbons (Fsp3) is 0.889. The van der Waals surface area contributed by atoms with E-state index in [2.05, 4.69) is 11.8 Å². The first-order valence-corrected chi connectivity index (χ1v) is 4.66. The molecule has 0 aromatic carbocycles. The molecule has 0 aliphatic carbocycles. The quantitative estimate of drug-likeness (QED) is 0.767. The van der Waals surface area contributed by atoms with Gasteiger partial charge in [0.2, 0.25) is 0 Å². The summed E-state index contributed by atoms with van der Waals surface area (Å²) in [6.07, 6.45) is 4.03. The number of hydrogen-bond acceptors (Lipinski definition) is 2. The molecule has 1 aliphatic rings. The van der Waals surface area contributed by atoms with Crippen molar-refractivity contribution in [2.75, 3.05) is 13.1 Å². The lowest BCUT2D eigenvalue weighted by Crippen LogP contribution is -2.38. The molecule has 1 unspecified atom stereocenters. The number of halogens is 1. The topological polar surface area (TPSA) is 40.5 Å². The summed E-state index contributed by atoms with van der Waals surface area (Å²) in [4.78, 5) is 12.6. The van der Waals surface area contributed by atoms with Crippen LogP contribution >= 0.6 is 12.4 Å². The molecule has 0 amide bonds. The van der Waals surface area contributed by atoms with E-state index in [1.807, 2.05) is 0 Å². The highest BCUT2D eigenvalue weighted by Crippen LogP contribution is 2.15. The molecule has 0 aromatic rings. The average Bonchev–Trinajstić information content (AvgIpc) is 2.03. The summed E-state index contributed by atoms with van der Waals surface area (Å²) < 4.78 is 0. The Morgan fingerprint density at radius 3 is 2.77 bits per heavy atom. The van der Waals surface area contributed by atoms with E-state index >= 15 is 0 Å². The molecule has 0 spiro atoms. The predicted molar refractivity (Wildman–Crippen MR) is 54.4 cm³/mol. The van der Waals surface area contributed by atoms with Gasteiger partial charge in [0.25, 0.3) is 0 Å². The van der Waals surface area contributed by atoms with Gasteiger partial charge in [-0.25, -0.2) is 0 Å². The fourth-order valence-corrected chi connectivity index (χ4v) is 1.73. The van der Waals surface area contributed by atoms with E-state index in [0.717, 1.165) is 13.1 Å². The van der Waals surface area contributed by atoms with Crippen molar-refractivity contribution in [2.24, 2.45) is 0 Å². The number of piperidine rings is 1. The third-order valence-electron chi connectivity index (χ3n) is 2.55. The van der Waals surface area contributed by atoms with Crippen molar-refractivity contribution in [1.82, 2.24) is 4.90 Å². The van der Waals surface area contributed by atoms with E-state index in [1.54, 1.807) is 0 Å². The van der Waals surface area contributed by atoms with Crippen LogP contribution in [0, 0.1) is 0 Å². The van der Waals surface area contributed by atoms with Gasteiger partial charge in [-0.2, -0.15) is 0 Å². The molecule has 1 aliphatic heterocycles. The molecular formula is C9H18ClNO2. The van der Waals surface area contributed by atoms with Gasteiger partial charge in [-0.05, 0) is 26.3 Å². The monoisotopic (exact) mass is 207 g/mol. The Labute approximate surface area is 85.5 Å². The van der Waals surface area contributed by atoms with Gasteiger partial charge in [0.15, 0.2) is 0 Å². The standard InChI is InChI=1S/C9H17NO2.ClH/c1-8-4-2-3-6-10(8)7-5-9(11)12;/h8H,2-7H2,1H3,(H,11,12);1H. The number of rotatable bonds is 3. The maximum Gasteiger partial charge on any atom is 0.304 e. The van der Waals surface area contributed by atoms with Crippen molar-refractivity contribution < 1.29 is 9.90 Å². The summed E-state index contributed by atoms with van der Waals surface area (Å²) in [6.45, 7) is 3.98. The minimum atomic E-state index is -0.687. The molecule has 13 heavy (non-hydrogen) atoms. The Kier molecular flexibility index (Phi) is 6.08. The largest absolute Gasteiger partial charge is 0.481 e. The van der Waals surface area contributed by atoms with E-state index in [1.165, 1.54) is 19.3 Å². The predicted octanol–water partition coefficient (Wildman–Crippen LogP) is 1.76. The summed E-state index contributed by atoms with van der Waals surface area (Å²) in [6, 6.07) is 0.582. The number of nitrogens with zero attached hydrogens (tertiary/aromatic N) is 1. The Balaban J connectivity index is 0.00000144. The summed E-state index contributed by atoms with van der Waals surface area (Å²) in [5, 5.41) is 8.50. The van der Waals surface area contributed by atoms with E-state index in [4.69, 9.17) is 5.11 Å². The number of carbonyl (C=O) groups is 1. The minimum Gasteiger partial charge on any atom is -0.481 e. The van der Waals surface area contributed by atoms with Crippen LogP contribution in [0.15, 0.2) is 0 Å². The summed E-state index contributed by atoms with van der Waals surface area (Å²) in [7, 11) is 0. The van der Waals surface area contributed by atoms with E-state index < -0.39 is 5.97 Å². The van der Waals surface area contributed by atoms with Crippen LogP contribution in [0.1, 0.15) is 32.6 Å². The highest BCUT2D eigenvalue weighted by atomic mass is 35.5. The van der Waals surface area contributed by atoms with E-state index in [-0.39, 0.29) is 18.8 Å². The SMILES string of the molecule is CC1CCCCN1CCC(=O)O.Cl. The van der Waals surface area contributed by atoms with Crippen molar-refractivity contribution in [2.45, 2.75) is 38.6 Å². The van der Waals surface area contributed by atoms with Crippen LogP contribution in [-0.4, -0.2) is 35.1 Å². The van der Waals surface area contributed by atoms with Crippen LogP contribution in [-0.2, 0) is 4.79 Å². The number of aliphatic carboxylic acids is 1. The smallest absolute Gasteiger partial charge is 0.304 e. The lowest BCUT2D eigenvalue weighted by atomic mass is 10.0. The molecule has 4 heteroatoms. The molecule has 1 heterocycles. The van der Waals surface area contributed by atoms with Crippen LogP contribution in [0.4, 0.5) is 0 Å². The lowest BCUT2D eigenvalue weighted by Gasteiger charge is -2.32. The number of hydrogen-bond donors (Lipinski definition) is 1. The van der Waals surface area contributed by atoms with E-state index in [0.29, 0.717) is 6.04 Å². The highest BCUT2D eigenvalue weighted by Gasteiger charge is 2.17. The molecule has 0 radical (unpaired) electrons. The highest BCUT2D eigenvalue weighted by molar-refractivity contribution is 5.85. The van der Waals surface area contributed by atoms with Gasteiger partial charge in [0.05, 0.1) is 6.42 Å². The molecule has 1 atom stereocenters. The third-order valence-corrected chi connectivity index (χ3v) is 2.55. The molecule has 1 N–H and O–H groups in total. The normalized spacial score (nSPS) is 23.6. The Hall–Kier alpha value is -0.280. The van der Waals surface area contributed by atoms with Gasteiger partial charge < -0.3 is 10.0 Å². The average molecular weight is 208 g/mol. The van der Waals surface area contributed by atoms with Crippen molar-refractivity contribution in [3.63, 3.8) is 0 Å². The van der Waals surface area contributed by atoms with Gasteiger partial charge >= 0.3 is 5.97 Å². The zero-order chi connectivity index (χ0) is 8.97. The zero-order valence-electron chi connectivity index (χ0n) is 8.03. The van der Waals surface area contributed by atoms with Gasteiger partial charge in [0.1, 0.15) is 0 Å². The van der Waals surface area contributed by atoms with Crippen LogP contribution in [0.3, 0.4) is 0 Å². The molecule has 0 saturated carbocycles. The van der Waals surface area contributed by atoms with Crippen molar-refractivity contribution in [1.29, 1.82) is 0 Å².